The van der Waals surface area contributed by atoms with E-state index >= 15 is 0 Å². The average Bonchev–Trinajstić information content (AvgIpc) is 2.63. The lowest BCUT2D eigenvalue weighted by molar-refractivity contribution is -0.129. The summed E-state index contributed by atoms with van der Waals surface area (Å²) in [5.74, 6) is -0.124. The molecule has 0 unspecified atom stereocenters. The first-order valence-corrected chi connectivity index (χ1v) is 8.29. The van der Waals surface area contributed by atoms with Gasteiger partial charge in [0.1, 0.15) is 0 Å². The number of hydrogen-bond acceptors (Lipinski definition) is 2. The Morgan fingerprint density at radius 1 is 0.800 bits per heavy atom. The van der Waals surface area contributed by atoms with Gasteiger partial charge in [-0.15, -0.1) is 0 Å². The molecule has 0 N–H and O–H groups in total. The van der Waals surface area contributed by atoms with E-state index in [0.717, 1.165) is 11.1 Å². The van der Waals surface area contributed by atoms with Crippen molar-refractivity contribution >= 4 is 11.8 Å². The Kier molecular flexibility index (Phi) is 6.96. The van der Waals surface area contributed by atoms with Gasteiger partial charge in [-0.1, -0.05) is 66.7 Å². The second-order valence-corrected chi connectivity index (χ2v) is 6.02. The van der Waals surface area contributed by atoms with Crippen LogP contribution in [0, 0.1) is 0 Å². The van der Waals surface area contributed by atoms with Crippen LogP contribution < -0.4 is 0 Å². The van der Waals surface area contributed by atoms with Gasteiger partial charge >= 0.3 is 0 Å². The molecule has 2 aromatic rings. The predicted molar refractivity (Wildman–Crippen MR) is 99.6 cm³/mol. The standard InChI is InChI=1S/C21H24N2O2/c1-22(16-18-10-5-3-6-11-18)20(24)14-9-15-21(25)23(2)17-19-12-7-4-8-13-19/h3-14H,15-17H2,1-2H3. The highest BCUT2D eigenvalue weighted by molar-refractivity contribution is 5.88. The highest BCUT2D eigenvalue weighted by Gasteiger charge is 2.09. The lowest BCUT2D eigenvalue weighted by Gasteiger charge is -2.17. The Morgan fingerprint density at radius 3 is 1.80 bits per heavy atom. The number of likely N-dealkylation sites (N-methyl/N-ethyl adjacent to an activating group) is 1. The molecule has 0 aliphatic rings. The van der Waals surface area contributed by atoms with Gasteiger partial charge < -0.3 is 9.80 Å². The number of rotatable bonds is 7. The van der Waals surface area contributed by atoms with Crippen molar-refractivity contribution in [2.24, 2.45) is 0 Å². The Hall–Kier alpha value is -2.88. The molecule has 0 atom stereocenters. The molecule has 2 amide bonds. The van der Waals surface area contributed by atoms with Gasteiger partial charge in [-0.3, -0.25) is 9.59 Å². The fourth-order valence-corrected chi connectivity index (χ4v) is 2.42. The summed E-state index contributed by atoms with van der Waals surface area (Å²) in [6, 6.07) is 19.6. The monoisotopic (exact) mass is 336 g/mol. The summed E-state index contributed by atoms with van der Waals surface area (Å²) in [5, 5.41) is 0. The molecule has 25 heavy (non-hydrogen) atoms. The molecule has 2 aromatic carbocycles. The summed E-state index contributed by atoms with van der Waals surface area (Å²) in [6.07, 6.45) is 3.32. The SMILES string of the molecule is CN(Cc1ccccc1)C(=O)C=CCC(=O)N(C)Cc1ccccc1. The number of amides is 2. The van der Waals surface area contributed by atoms with E-state index in [9.17, 15) is 9.59 Å². The Labute approximate surface area is 149 Å². The fourth-order valence-electron chi connectivity index (χ4n) is 2.42. The maximum atomic E-state index is 12.1. The van der Waals surface area contributed by atoms with Gasteiger partial charge in [0.05, 0.1) is 0 Å². The van der Waals surface area contributed by atoms with Crippen molar-refractivity contribution in [1.29, 1.82) is 0 Å². The van der Waals surface area contributed by atoms with Crippen LogP contribution in [-0.4, -0.2) is 35.7 Å². The van der Waals surface area contributed by atoms with Crippen LogP contribution in [-0.2, 0) is 22.7 Å². The average molecular weight is 336 g/mol. The number of nitrogens with zero attached hydrogens (tertiary/aromatic N) is 2. The molecule has 0 radical (unpaired) electrons. The maximum Gasteiger partial charge on any atom is 0.246 e. The third kappa shape index (κ3) is 6.26. The summed E-state index contributed by atoms with van der Waals surface area (Å²) in [5.41, 5.74) is 2.16. The molecule has 0 saturated carbocycles. The van der Waals surface area contributed by atoms with Gasteiger partial charge in [0, 0.05) is 33.6 Å². The predicted octanol–water partition coefficient (Wildman–Crippen LogP) is 3.25. The summed E-state index contributed by atoms with van der Waals surface area (Å²) in [6.45, 7) is 1.11. The number of hydrogen-bond donors (Lipinski definition) is 0. The first kappa shape index (κ1) is 18.5. The van der Waals surface area contributed by atoms with Crippen molar-refractivity contribution in [3.05, 3.63) is 83.9 Å². The van der Waals surface area contributed by atoms with E-state index in [4.69, 9.17) is 0 Å². The van der Waals surface area contributed by atoms with Crippen LogP contribution in [0.15, 0.2) is 72.8 Å². The molecule has 4 nitrogen and oxygen atoms in total. The van der Waals surface area contributed by atoms with Crippen LogP contribution in [0.5, 0.6) is 0 Å². The van der Waals surface area contributed by atoms with Gasteiger partial charge in [0.15, 0.2) is 0 Å². The normalized spacial score (nSPS) is 10.6. The molecular formula is C21H24N2O2. The van der Waals surface area contributed by atoms with Crippen LogP contribution in [0.4, 0.5) is 0 Å². The molecular weight excluding hydrogens is 312 g/mol. The summed E-state index contributed by atoms with van der Waals surface area (Å²) < 4.78 is 0. The molecule has 0 saturated heterocycles. The van der Waals surface area contributed by atoms with E-state index in [0.29, 0.717) is 13.1 Å². The van der Waals surface area contributed by atoms with Crippen LogP contribution in [0.3, 0.4) is 0 Å². The first-order chi connectivity index (χ1) is 12.1. The summed E-state index contributed by atoms with van der Waals surface area (Å²) in [4.78, 5) is 27.5. The third-order valence-electron chi connectivity index (χ3n) is 3.88. The molecule has 0 spiro atoms. The van der Waals surface area contributed by atoms with Crippen LogP contribution >= 0.6 is 0 Å². The first-order valence-electron chi connectivity index (χ1n) is 8.29. The van der Waals surface area contributed by atoms with Crippen molar-refractivity contribution in [3.63, 3.8) is 0 Å². The topological polar surface area (TPSA) is 40.6 Å². The zero-order valence-electron chi connectivity index (χ0n) is 14.8. The Bertz CT molecular complexity index is 711. The molecule has 130 valence electrons. The van der Waals surface area contributed by atoms with E-state index in [1.807, 2.05) is 60.7 Å². The molecule has 2 rings (SSSR count). The van der Waals surface area contributed by atoms with Crippen LogP contribution in [0.2, 0.25) is 0 Å². The van der Waals surface area contributed by atoms with E-state index in [-0.39, 0.29) is 18.2 Å². The van der Waals surface area contributed by atoms with Crippen molar-refractivity contribution in [1.82, 2.24) is 9.80 Å². The van der Waals surface area contributed by atoms with Crippen LogP contribution in [0.25, 0.3) is 0 Å². The van der Waals surface area contributed by atoms with E-state index < -0.39 is 0 Å². The highest BCUT2D eigenvalue weighted by Crippen LogP contribution is 2.05. The molecule has 0 aliphatic heterocycles. The van der Waals surface area contributed by atoms with Crippen molar-refractivity contribution in [2.45, 2.75) is 19.5 Å². The summed E-state index contributed by atoms with van der Waals surface area (Å²) in [7, 11) is 3.52. The Morgan fingerprint density at radius 2 is 1.28 bits per heavy atom. The van der Waals surface area contributed by atoms with E-state index in [2.05, 4.69) is 0 Å². The van der Waals surface area contributed by atoms with Crippen molar-refractivity contribution in [2.75, 3.05) is 14.1 Å². The number of carbonyl (C=O) groups excluding carboxylic acids is 2. The minimum absolute atomic E-state index is 0.0152. The van der Waals surface area contributed by atoms with Crippen molar-refractivity contribution in [3.8, 4) is 0 Å². The second-order valence-electron chi connectivity index (χ2n) is 6.02. The minimum Gasteiger partial charge on any atom is -0.341 e. The zero-order chi connectivity index (χ0) is 18.1. The maximum absolute atomic E-state index is 12.1. The van der Waals surface area contributed by atoms with E-state index in [1.54, 1.807) is 30.0 Å². The highest BCUT2D eigenvalue weighted by atomic mass is 16.2. The lowest BCUT2D eigenvalue weighted by atomic mass is 10.2. The lowest BCUT2D eigenvalue weighted by Crippen LogP contribution is -2.26. The van der Waals surface area contributed by atoms with Gasteiger partial charge in [0.25, 0.3) is 0 Å². The van der Waals surface area contributed by atoms with Crippen LogP contribution in [0.1, 0.15) is 17.5 Å². The largest absolute Gasteiger partial charge is 0.341 e. The number of carbonyl (C=O) groups is 2. The molecule has 0 bridgehead atoms. The van der Waals surface area contributed by atoms with E-state index in [1.165, 1.54) is 6.08 Å². The quantitative estimate of drug-likeness (QED) is 0.728. The molecule has 0 aromatic heterocycles. The zero-order valence-corrected chi connectivity index (χ0v) is 14.8. The van der Waals surface area contributed by atoms with Gasteiger partial charge in [-0.05, 0) is 17.2 Å². The number of benzene rings is 2. The molecule has 0 aliphatic carbocycles. The summed E-state index contributed by atoms with van der Waals surface area (Å²) >= 11 is 0. The minimum atomic E-state index is -0.109. The van der Waals surface area contributed by atoms with Crippen molar-refractivity contribution < 1.29 is 9.59 Å². The molecule has 0 heterocycles. The smallest absolute Gasteiger partial charge is 0.246 e. The second kappa shape index (κ2) is 9.42. The van der Waals surface area contributed by atoms with Gasteiger partial charge in [0.2, 0.25) is 11.8 Å². The third-order valence-corrected chi connectivity index (χ3v) is 3.88. The fraction of sp³-hybridized carbons (Fsp3) is 0.238. The Balaban J connectivity index is 1.78. The van der Waals surface area contributed by atoms with Gasteiger partial charge in [-0.2, -0.15) is 0 Å². The molecule has 4 heteroatoms. The molecule has 0 fully saturated rings. The van der Waals surface area contributed by atoms with Gasteiger partial charge in [-0.25, -0.2) is 0 Å².